The molecule has 1 aromatic heterocycles. The summed E-state index contributed by atoms with van der Waals surface area (Å²) in [6.45, 7) is 4.83. The number of aromatic nitrogens is 2. The van der Waals surface area contributed by atoms with E-state index in [1.807, 2.05) is 32.2 Å². The molecule has 1 spiro atoms. The van der Waals surface area contributed by atoms with Gasteiger partial charge in [-0.3, -0.25) is 19.0 Å². The summed E-state index contributed by atoms with van der Waals surface area (Å²) in [5.41, 5.74) is 3.41. The Kier molecular flexibility index (Phi) is 12.1. The highest BCUT2D eigenvalue weighted by Gasteiger charge is 2.47. The molecule has 5 aliphatic rings. The molecule has 0 radical (unpaired) electrons. The molecule has 9 atom stereocenters. The van der Waals surface area contributed by atoms with E-state index in [0.29, 0.717) is 30.7 Å². The van der Waals surface area contributed by atoms with Crippen molar-refractivity contribution in [3.8, 4) is 11.6 Å². The lowest BCUT2D eigenvalue weighted by atomic mass is 9.67. The molecule has 1 N–H and O–H groups in total. The first-order chi connectivity index (χ1) is 28.3. The number of fused-ring (bicyclic) bond motifs is 5. The van der Waals surface area contributed by atoms with Crippen LogP contribution in [0.15, 0.2) is 47.0 Å². The number of rotatable bonds is 7. The van der Waals surface area contributed by atoms with Crippen molar-refractivity contribution in [2.24, 2.45) is 35.1 Å². The molecule has 1 unspecified atom stereocenters. The van der Waals surface area contributed by atoms with Gasteiger partial charge in [-0.2, -0.15) is 0 Å². The van der Waals surface area contributed by atoms with Gasteiger partial charge in [0.25, 0.3) is 11.8 Å². The fourth-order valence-electron chi connectivity index (χ4n) is 10.6. The lowest BCUT2D eigenvalue weighted by molar-refractivity contribution is -0.0448. The summed E-state index contributed by atoms with van der Waals surface area (Å²) >= 11 is 6.52. The molecule has 15 heteroatoms. The number of nitrogens with zero attached hydrogens (tertiary/aromatic N) is 5. The number of hydrogen-bond acceptors (Lipinski definition) is 10. The quantitative estimate of drug-likeness (QED) is 0.288. The normalized spacial score (nSPS) is 31.9. The highest BCUT2D eigenvalue weighted by atomic mass is 35.5. The molecule has 2 aromatic carbocycles. The van der Waals surface area contributed by atoms with E-state index < -0.39 is 21.7 Å². The van der Waals surface area contributed by atoms with Gasteiger partial charge in [-0.15, -0.1) is 9.46 Å². The number of carbonyl (C=O) groups excluding carboxylic acids is 2. The largest absolute Gasteiger partial charge is 0.490 e. The molecule has 13 nitrogen and oxygen atoms in total. The van der Waals surface area contributed by atoms with Crippen molar-refractivity contribution in [2.45, 2.75) is 82.0 Å². The topological polar surface area (TPSA) is 137 Å². The second-order valence-corrected chi connectivity index (χ2v) is 20.4. The molecular formula is C44H59ClN6O7S. The van der Waals surface area contributed by atoms with Crippen LogP contribution in [0.5, 0.6) is 11.6 Å². The van der Waals surface area contributed by atoms with Gasteiger partial charge < -0.3 is 28.7 Å². The minimum atomic E-state index is -3.73. The molecule has 2 bridgehead atoms. The molecule has 2 fully saturated rings. The number of aryl methyl sites for hydroxylation is 2. The summed E-state index contributed by atoms with van der Waals surface area (Å²) in [5, 5.41) is 4.95. The van der Waals surface area contributed by atoms with Gasteiger partial charge in [0.2, 0.25) is 5.88 Å². The van der Waals surface area contributed by atoms with Crippen molar-refractivity contribution < 1.29 is 32.7 Å². The third-order valence-electron chi connectivity index (χ3n) is 13.6. The van der Waals surface area contributed by atoms with Crippen molar-refractivity contribution in [3.05, 3.63) is 69.9 Å². The Morgan fingerprint density at radius 2 is 1.97 bits per heavy atom. The Balaban J connectivity index is 1.21. The first-order valence-corrected chi connectivity index (χ1v) is 23.2. The summed E-state index contributed by atoms with van der Waals surface area (Å²) in [7, 11) is 5.30. The van der Waals surface area contributed by atoms with Crippen molar-refractivity contribution in [3.63, 3.8) is 0 Å². The monoisotopic (exact) mass is 850 g/mol. The summed E-state index contributed by atoms with van der Waals surface area (Å²) in [6.07, 6.45) is 8.83. The van der Waals surface area contributed by atoms with E-state index in [1.54, 1.807) is 13.1 Å². The third-order valence-corrected chi connectivity index (χ3v) is 15.8. The van der Waals surface area contributed by atoms with Gasteiger partial charge in [-0.1, -0.05) is 24.6 Å². The van der Waals surface area contributed by atoms with Crippen LogP contribution in [0.25, 0.3) is 0 Å². The van der Waals surface area contributed by atoms with Crippen LogP contribution in [0, 0.1) is 23.7 Å². The fraction of sp³-hybridized carbons (Fsp3) is 0.614. The van der Waals surface area contributed by atoms with E-state index >= 15 is 4.21 Å². The molecule has 4 heterocycles. The van der Waals surface area contributed by atoms with Crippen LogP contribution in [-0.4, -0.2) is 109 Å². The number of benzene rings is 2. The van der Waals surface area contributed by atoms with Gasteiger partial charge >= 0.3 is 0 Å². The number of ether oxygens (including phenoxy) is 4. The number of methoxy groups -OCH3 is 2. The SMILES string of the molecule is COc1nn(C)cc1C(=O)NS1(=O)=NC(=O)c2ccc3c(c2)N(C[C@@H]2CC[C@H]2[C@@H](OC)C[C@H]2C[C@@H](CCN(C)C)O[C@@H]2[C@H](C)C1)C[C@@]1(CCCc2cc(Cl)ccc21)CO3. The van der Waals surface area contributed by atoms with Crippen LogP contribution in [0.1, 0.15) is 83.7 Å². The molecule has 3 aromatic rings. The summed E-state index contributed by atoms with van der Waals surface area (Å²) < 4.78 is 49.1. The Labute approximate surface area is 353 Å². The maximum atomic E-state index is 15.2. The number of anilines is 1. The van der Waals surface area contributed by atoms with Gasteiger partial charge in [0, 0.05) is 49.4 Å². The molecule has 1 saturated carbocycles. The van der Waals surface area contributed by atoms with E-state index in [0.717, 1.165) is 75.2 Å². The Bertz CT molecular complexity index is 2190. The number of halogens is 1. The van der Waals surface area contributed by atoms with Gasteiger partial charge in [-0.05, 0) is 137 Å². The van der Waals surface area contributed by atoms with E-state index in [1.165, 1.54) is 29.1 Å². The Hall–Kier alpha value is -3.69. The second-order valence-electron chi connectivity index (χ2n) is 17.9. The highest BCUT2D eigenvalue weighted by molar-refractivity contribution is 7.92. The maximum absolute atomic E-state index is 15.2. The number of amides is 2. The molecule has 3 aliphatic heterocycles. The van der Waals surface area contributed by atoms with Crippen LogP contribution >= 0.6 is 11.6 Å². The molecule has 320 valence electrons. The van der Waals surface area contributed by atoms with E-state index in [4.69, 9.17) is 30.5 Å². The second kappa shape index (κ2) is 17.0. The van der Waals surface area contributed by atoms with Crippen molar-refractivity contribution in [1.82, 2.24) is 19.4 Å². The highest BCUT2D eigenvalue weighted by Crippen LogP contribution is 2.48. The molecule has 2 amide bonds. The van der Waals surface area contributed by atoms with E-state index in [-0.39, 0.29) is 58.3 Å². The molecule has 1 saturated heterocycles. The van der Waals surface area contributed by atoms with Crippen LogP contribution in [0.3, 0.4) is 0 Å². The first kappa shape index (κ1) is 42.0. The zero-order chi connectivity index (χ0) is 41.6. The van der Waals surface area contributed by atoms with Gasteiger partial charge in [0.15, 0.2) is 0 Å². The first-order valence-electron chi connectivity index (χ1n) is 21.1. The summed E-state index contributed by atoms with van der Waals surface area (Å²) in [6, 6.07) is 11.6. The van der Waals surface area contributed by atoms with Crippen molar-refractivity contribution in [2.75, 3.05) is 65.2 Å². The minimum Gasteiger partial charge on any atom is -0.490 e. The third kappa shape index (κ3) is 8.62. The maximum Gasteiger partial charge on any atom is 0.286 e. The summed E-state index contributed by atoms with van der Waals surface area (Å²) in [4.78, 5) is 32.9. The van der Waals surface area contributed by atoms with Crippen molar-refractivity contribution >= 4 is 39.0 Å². The Morgan fingerprint density at radius 1 is 1.14 bits per heavy atom. The lowest BCUT2D eigenvalue weighted by Crippen LogP contribution is -2.50. The minimum absolute atomic E-state index is 0.00599. The number of nitrogens with one attached hydrogen (secondary N) is 1. The number of hydrogen-bond donors (Lipinski definition) is 1. The number of carbonyl (C=O) groups is 2. The smallest absolute Gasteiger partial charge is 0.286 e. The van der Waals surface area contributed by atoms with Gasteiger partial charge in [0.05, 0.1) is 43.5 Å². The van der Waals surface area contributed by atoms with E-state index in [2.05, 4.69) is 50.2 Å². The molecule has 8 rings (SSSR count). The van der Waals surface area contributed by atoms with Gasteiger partial charge in [-0.25, -0.2) is 4.21 Å². The summed E-state index contributed by atoms with van der Waals surface area (Å²) in [5.74, 6) is -0.195. The van der Waals surface area contributed by atoms with Crippen LogP contribution < -0.4 is 19.1 Å². The van der Waals surface area contributed by atoms with Crippen LogP contribution in [-0.2, 0) is 38.3 Å². The van der Waals surface area contributed by atoms with Gasteiger partial charge in [0.1, 0.15) is 21.2 Å². The van der Waals surface area contributed by atoms with Crippen LogP contribution in [0.2, 0.25) is 5.02 Å². The predicted octanol–water partition coefficient (Wildman–Crippen LogP) is 6.31. The zero-order valence-corrected chi connectivity index (χ0v) is 36.7. The zero-order valence-electron chi connectivity index (χ0n) is 35.2. The lowest BCUT2D eigenvalue weighted by Gasteiger charge is -2.47. The average Bonchev–Trinajstić information content (AvgIpc) is 3.75. The van der Waals surface area contributed by atoms with Crippen molar-refractivity contribution in [1.29, 1.82) is 0 Å². The predicted molar refractivity (Wildman–Crippen MR) is 228 cm³/mol. The average molecular weight is 852 g/mol. The molecule has 2 aliphatic carbocycles. The van der Waals surface area contributed by atoms with Crippen LogP contribution in [0.4, 0.5) is 5.69 Å². The molecular weight excluding hydrogens is 792 g/mol. The van der Waals surface area contributed by atoms with E-state index in [9.17, 15) is 9.59 Å². The fourth-order valence-corrected chi connectivity index (χ4v) is 12.7. The Morgan fingerprint density at radius 3 is 2.71 bits per heavy atom. The molecule has 59 heavy (non-hydrogen) atoms. The standard InChI is InChI=1S/C44H59ClN6O7S/c1-27-24-59(54,48-42(53)35-23-50(4)46-43(35)56-6)47-41(52)29-10-14-38-37(20-29)51(25-44(26-57-38)16-7-8-28-18-32(45)11-13-36(28)44)22-30-9-12-34(30)39(55-5)21-31-19-33(58-40(27)31)15-17-49(2)3/h10-11,13-14,18,20,23,27,30-31,33-34,39-40H,7-9,12,15-17,19,21-22,24-26H2,1-6H3,(H,47,48,52,53,54)/t27-,30+,31-,33-,34-,39+,40-,44+,59?/m1/s1.